The largest absolute Gasteiger partial charge is 0.468 e. The highest BCUT2D eigenvalue weighted by molar-refractivity contribution is 7.90. The standard InChI is InChI=1S/C13H19NO5S/c1-4-13(14,12(16)19-2)11(15)9-5-7-10(8-6-9)20(3,17)18/h5-8,11,15H,4,14H2,1-3H3/t11-,13+/m1/s1. The van der Waals surface area contributed by atoms with E-state index in [-0.39, 0.29) is 11.3 Å². The summed E-state index contributed by atoms with van der Waals surface area (Å²) in [4.78, 5) is 11.8. The Morgan fingerprint density at radius 3 is 2.25 bits per heavy atom. The average molecular weight is 301 g/mol. The number of carbonyl (C=O) groups is 1. The van der Waals surface area contributed by atoms with Gasteiger partial charge in [-0.2, -0.15) is 0 Å². The first-order valence-electron chi connectivity index (χ1n) is 6.02. The van der Waals surface area contributed by atoms with Gasteiger partial charge in [-0.25, -0.2) is 13.2 Å². The SMILES string of the molecule is CC[C@@](N)(C(=O)OC)[C@H](O)c1ccc(S(C)(=O)=O)cc1. The van der Waals surface area contributed by atoms with E-state index in [1.54, 1.807) is 6.92 Å². The number of carbonyl (C=O) groups excluding carboxylic acids is 1. The number of aliphatic hydroxyl groups is 1. The predicted molar refractivity (Wildman–Crippen MR) is 73.7 cm³/mol. The van der Waals surface area contributed by atoms with E-state index in [0.717, 1.165) is 6.26 Å². The van der Waals surface area contributed by atoms with Crippen molar-refractivity contribution in [3.63, 3.8) is 0 Å². The molecular formula is C13H19NO5S. The average Bonchev–Trinajstić information content (AvgIpc) is 2.43. The van der Waals surface area contributed by atoms with Crippen LogP contribution in [0.1, 0.15) is 25.0 Å². The lowest BCUT2D eigenvalue weighted by Gasteiger charge is -2.30. The molecule has 1 aromatic rings. The van der Waals surface area contributed by atoms with Crippen molar-refractivity contribution >= 4 is 15.8 Å². The van der Waals surface area contributed by atoms with Crippen LogP contribution in [0.5, 0.6) is 0 Å². The molecule has 112 valence electrons. The summed E-state index contributed by atoms with van der Waals surface area (Å²) in [7, 11) is -2.12. The topological polar surface area (TPSA) is 107 Å². The smallest absolute Gasteiger partial charge is 0.328 e. The summed E-state index contributed by atoms with van der Waals surface area (Å²) in [5.74, 6) is -0.723. The summed E-state index contributed by atoms with van der Waals surface area (Å²) in [5, 5.41) is 10.3. The van der Waals surface area contributed by atoms with Crippen molar-refractivity contribution in [2.45, 2.75) is 29.9 Å². The van der Waals surface area contributed by atoms with Crippen molar-refractivity contribution < 1.29 is 23.1 Å². The number of nitrogens with two attached hydrogens (primary N) is 1. The van der Waals surface area contributed by atoms with Gasteiger partial charge >= 0.3 is 5.97 Å². The van der Waals surface area contributed by atoms with Crippen molar-refractivity contribution in [3.8, 4) is 0 Å². The molecule has 0 aromatic heterocycles. The van der Waals surface area contributed by atoms with Crippen LogP contribution in [0, 0.1) is 0 Å². The van der Waals surface area contributed by atoms with Crippen molar-refractivity contribution in [1.82, 2.24) is 0 Å². The molecule has 1 aromatic carbocycles. The number of sulfone groups is 1. The molecule has 0 amide bonds. The summed E-state index contributed by atoms with van der Waals surface area (Å²) in [5.41, 5.74) is 4.69. The number of benzene rings is 1. The lowest BCUT2D eigenvalue weighted by molar-refractivity contribution is -0.152. The van der Waals surface area contributed by atoms with Gasteiger partial charge in [-0.15, -0.1) is 0 Å². The molecule has 0 aliphatic heterocycles. The monoisotopic (exact) mass is 301 g/mol. The Morgan fingerprint density at radius 1 is 1.40 bits per heavy atom. The van der Waals surface area contributed by atoms with Gasteiger partial charge in [0.2, 0.25) is 0 Å². The molecule has 0 saturated heterocycles. The summed E-state index contributed by atoms with van der Waals surface area (Å²) < 4.78 is 27.3. The first kappa shape index (κ1) is 16.6. The number of aliphatic hydroxyl groups excluding tert-OH is 1. The Labute approximate surface area is 118 Å². The number of hydrogen-bond donors (Lipinski definition) is 2. The van der Waals surface area contributed by atoms with Crippen LogP contribution in [-0.2, 0) is 19.4 Å². The lowest BCUT2D eigenvalue weighted by atomic mass is 9.86. The van der Waals surface area contributed by atoms with E-state index in [0.29, 0.717) is 5.56 Å². The zero-order valence-electron chi connectivity index (χ0n) is 11.7. The maximum atomic E-state index is 11.7. The molecule has 0 saturated carbocycles. The molecule has 2 atom stereocenters. The Kier molecular flexibility index (Phi) is 4.90. The second-order valence-corrected chi connectivity index (χ2v) is 6.64. The molecule has 0 radical (unpaired) electrons. The van der Waals surface area contributed by atoms with Crippen molar-refractivity contribution in [2.75, 3.05) is 13.4 Å². The summed E-state index contributed by atoms with van der Waals surface area (Å²) >= 11 is 0. The molecule has 20 heavy (non-hydrogen) atoms. The van der Waals surface area contributed by atoms with Crippen LogP contribution in [0.25, 0.3) is 0 Å². The third-order valence-corrected chi connectivity index (χ3v) is 4.39. The third-order valence-electron chi connectivity index (χ3n) is 3.26. The van der Waals surface area contributed by atoms with E-state index in [9.17, 15) is 18.3 Å². The number of methoxy groups -OCH3 is 1. The van der Waals surface area contributed by atoms with Crippen molar-refractivity contribution in [1.29, 1.82) is 0 Å². The molecule has 0 spiro atoms. The van der Waals surface area contributed by atoms with Gasteiger partial charge in [0.15, 0.2) is 9.84 Å². The van der Waals surface area contributed by atoms with Crippen LogP contribution in [0.4, 0.5) is 0 Å². The number of esters is 1. The minimum atomic E-state index is -3.31. The molecule has 0 aliphatic carbocycles. The Balaban J connectivity index is 3.14. The maximum Gasteiger partial charge on any atom is 0.328 e. The van der Waals surface area contributed by atoms with Crippen LogP contribution < -0.4 is 5.73 Å². The van der Waals surface area contributed by atoms with Crippen LogP contribution in [0.2, 0.25) is 0 Å². The number of hydrogen-bond acceptors (Lipinski definition) is 6. The third kappa shape index (κ3) is 3.17. The molecule has 0 unspecified atom stereocenters. The second-order valence-electron chi connectivity index (χ2n) is 4.63. The van der Waals surface area contributed by atoms with Crippen LogP contribution in [0.15, 0.2) is 29.2 Å². The Hall–Kier alpha value is -1.44. The van der Waals surface area contributed by atoms with E-state index in [1.807, 2.05) is 0 Å². The first-order chi connectivity index (χ1) is 9.16. The number of ether oxygens (including phenoxy) is 1. The van der Waals surface area contributed by atoms with Gasteiger partial charge in [0, 0.05) is 6.26 Å². The summed E-state index contributed by atoms with van der Waals surface area (Å²) in [6.45, 7) is 1.66. The van der Waals surface area contributed by atoms with E-state index in [4.69, 9.17) is 5.73 Å². The van der Waals surface area contributed by atoms with Crippen molar-refractivity contribution in [3.05, 3.63) is 29.8 Å². The fourth-order valence-corrected chi connectivity index (χ4v) is 2.46. The predicted octanol–water partition coefficient (Wildman–Crippen LogP) is 0.404. The zero-order chi connectivity index (χ0) is 15.6. The highest BCUT2D eigenvalue weighted by atomic mass is 32.2. The van der Waals surface area contributed by atoms with E-state index >= 15 is 0 Å². The van der Waals surface area contributed by atoms with E-state index < -0.39 is 27.4 Å². The van der Waals surface area contributed by atoms with E-state index in [2.05, 4.69) is 4.74 Å². The number of rotatable bonds is 5. The second kappa shape index (κ2) is 5.90. The van der Waals surface area contributed by atoms with Gasteiger partial charge in [-0.05, 0) is 24.1 Å². The van der Waals surface area contributed by atoms with Gasteiger partial charge in [0.05, 0.1) is 12.0 Å². The fraction of sp³-hybridized carbons (Fsp3) is 0.462. The quantitative estimate of drug-likeness (QED) is 0.763. The molecular weight excluding hydrogens is 282 g/mol. The van der Waals surface area contributed by atoms with Crippen LogP contribution in [0.3, 0.4) is 0 Å². The minimum absolute atomic E-state index is 0.130. The highest BCUT2D eigenvalue weighted by Crippen LogP contribution is 2.28. The molecule has 0 fully saturated rings. The normalized spacial score (nSPS) is 16.2. The molecule has 7 heteroatoms. The molecule has 0 heterocycles. The Bertz CT molecular complexity index is 581. The summed E-state index contributed by atoms with van der Waals surface area (Å²) in [6, 6.07) is 5.59. The van der Waals surface area contributed by atoms with Gasteiger partial charge in [0.25, 0.3) is 0 Å². The lowest BCUT2D eigenvalue weighted by Crippen LogP contribution is -2.53. The summed E-state index contributed by atoms with van der Waals surface area (Å²) in [6.07, 6.45) is -0.0190. The van der Waals surface area contributed by atoms with Gasteiger partial charge in [-0.3, -0.25) is 0 Å². The molecule has 0 bridgehead atoms. The molecule has 0 aliphatic rings. The molecule has 3 N–H and O–H groups in total. The van der Waals surface area contributed by atoms with Crippen LogP contribution >= 0.6 is 0 Å². The zero-order valence-corrected chi connectivity index (χ0v) is 12.5. The van der Waals surface area contributed by atoms with Crippen molar-refractivity contribution in [2.24, 2.45) is 5.73 Å². The molecule has 1 rings (SSSR count). The van der Waals surface area contributed by atoms with Gasteiger partial charge in [-0.1, -0.05) is 19.1 Å². The minimum Gasteiger partial charge on any atom is -0.468 e. The maximum absolute atomic E-state index is 11.7. The Morgan fingerprint density at radius 2 is 1.90 bits per heavy atom. The van der Waals surface area contributed by atoms with Gasteiger partial charge < -0.3 is 15.6 Å². The first-order valence-corrected chi connectivity index (χ1v) is 7.91. The van der Waals surface area contributed by atoms with Gasteiger partial charge in [0.1, 0.15) is 11.6 Å². The van der Waals surface area contributed by atoms with Crippen LogP contribution in [-0.4, -0.2) is 38.4 Å². The fourth-order valence-electron chi connectivity index (χ4n) is 1.83. The molecule has 6 nitrogen and oxygen atoms in total. The highest BCUT2D eigenvalue weighted by Gasteiger charge is 2.41. The van der Waals surface area contributed by atoms with E-state index in [1.165, 1.54) is 31.4 Å².